The first kappa shape index (κ1) is 24.2. The van der Waals surface area contributed by atoms with Crippen LogP contribution in [0.3, 0.4) is 0 Å². The maximum atomic E-state index is 5.48. The van der Waals surface area contributed by atoms with Crippen molar-refractivity contribution in [1.82, 2.24) is 0 Å². The minimum absolute atomic E-state index is 0.873. The van der Waals surface area contributed by atoms with Crippen molar-refractivity contribution in [3.05, 3.63) is 0 Å². The molecule has 0 aliphatic rings. The minimum Gasteiger partial charge on any atom is -0.388 e. The highest BCUT2D eigenvalue weighted by Gasteiger charge is 1.94. The van der Waals surface area contributed by atoms with Crippen LogP contribution in [0.1, 0.15) is 110 Å². The predicted molar refractivity (Wildman–Crippen MR) is 102 cm³/mol. The van der Waals surface area contributed by atoms with Gasteiger partial charge in [-0.1, -0.05) is 103 Å². The molecule has 0 aromatic carbocycles. The van der Waals surface area contributed by atoms with Crippen LogP contribution in [0, 0.1) is 0 Å². The molecule has 2 N–H and O–H groups in total. The molecule has 0 radical (unpaired) electrons. The summed E-state index contributed by atoms with van der Waals surface area (Å²) in [6, 6.07) is 0. The monoisotopic (exact) mass is 315 g/mol. The van der Waals surface area contributed by atoms with Gasteiger partial charge in [0, 0.05) is 14.2 Å². The van der Waals surface area contributed by atoms with Gasteiger partial charge in [-0.05, 0) is 13.0 Å². The fraction of sp³-hybridized carbons (Fsp3) is 1.00. The summed E-state index contributed by atoms with van der Waals surface area (Å²) in [5.41, 5.74) is 5.48. The van der Waals surface area contributed by atoms with Crippen LogP contribution in [0.2, 0.25) is 0 Å². The standard InChI is InChI=1S/C18H39N.C2H6O/c1-2-3-4-5-6-7-8-9-10-11-12-13-14-15-16-17-18-19;1-3-2/h2-19H2,1H3;1-2H3. The van der Waals surface area contributed by atoms with E-state index in [2.05, 4.69) is 11.7 Å². The Hall–Kier alpha value is -0.0800. The Labute approximate surface area is 141 Å². The van der Waals surface area contributed by atoms with Gasteiger partial charge in [-0.15, -0.1) is 0 Å². The number of nitrogens with two attached hydrogens (primary N) is 1. The molecule has 2 heteroatoms. The Morgan fingerprint density at radius 1 is 0.500 bits per heavy atom. The molecule has 0 bridgehead atoms. The van der Waals surface area contributed by atoms with E-state index in [1.165, 1.54) is 103 Å². The van der Waals surface area contributed by atoms with Crippen molar-refractivity contribution < 1.29 is 4.74 Å². The Balaban J connectivity index is 0. The maximum Gasteiger partial charge on any atom is 0.0351 e. The summed E-state index contributed by atoms with van der Waals surface area (Å²) in [5.74, 6) is 0. The largest absolute Gasteiger partial charge is 0.388 e. The van der Waals surface area contributed by atoms with Crippen LogP contribution in [0.15, 0.2) is 0 Å². The van der Waals surface area contributed by atoms with E-state index in [0.29, 0.717) is 0 Å². The molecule has 0 spiro atoms. The third kappa shape index (κ3) is 28.1. The molecule has 0 saturated carbocycles. The van der Waals surface area contributed by atoms with E-state index in [1.807, 2.05) is 0 Å². The fourth-order valence-corrected chi connectivity index (χ4v) is 2.69. The van der Waals surface area contributed by atoms with Crippen LogP contribution in [-0.2, 0) is 4.74 Å². The minimum atomic E-state index is 0.873. The van der Waals surface area contributed by atoms with Crippen molar-refractivity contribution in [2.75, 3.05) is 20.8 Å². The van der Waals surface area contributed by atoms with Crippen LogP contribution >= 0.6 is 0 Å². The Morgan fingerprint density at radius 3 is 0.955 bits per heavy atom. The Kier molecular flexibility index (Phi) is 28.4. The highest BCUT2D eigenvalue weighted by Crippen LogP contribution is 2.13. The summed E-state index contributed by atoms with van der Waals surface area (Å²) in [4.78, 5) is 0. The van der Waals surface area contributed by atoms with Gasteiger partial charge in [0.15, 0.2) is 0 Å². The van der Waals surface area contributed by atoms with E-state index in [9.17, 15) is 0 Å². The molecule has 0 amide bonds. The third-order valence-corrected chi connectivity index (χ3v) is 4.06. The highest BCUT2D eigenvalue weighted by molar-refractivity contribution is 4.49. The number of rotatable bonds is 16. The lowest BCUT2D eigenvalue weighted by atomic mass is 10.0. The second-order valence-corrected chi connectivity index (χ2v) is 6.50. The smallest absolute Gasteiger partial charge is 0.0351 e. The number of hydrogen-bond acceptors (Lipinski definition) is 2. The van der Waals surface area contributed by atoms with Crippen molar-refractivity contribution in [3.63, 3.8) is 0 Å². The number of hydrogen-bond donors (Lipinski definition) is 1. The van der Waals surface area contributed by atoms with Gasteiger partial charge in [-0.2, -0.15) is 0 Å². The number of ether oxygens (including phenoxy) is 1. The summed E-state index contributed by atoms with van der Waals surface area (Å²) in [7, 11) is 3.25. The number of unbranched alkanes of at least 4 members (excludes halogenated alkanes) is 15. The molecule has 0 atom stereocenters. The molecule has 0 saturated heterocycles. The molecule has 0 aromatic heterocycles. The van der Waals surface area contributed by atoms with Gasteiger partial charge in [0.05, 0.1) is 0 Å². The van der Waals surface area contributed by atoms with Gasteiger partial charge < -0.3 is 10.5 Å². The summed E-state index contributed by atoms with van der Waals surface area (Å²) in [6.07, 6.45) is 22.9. The SMILES string of the molecule is CCCCCCCCCCCCCCCCCCN.COC. The van der Waals surface area contributed by atoms with Gasteiger partial charge >= 0.3 is 0 Å². The van der Waals surface area contributed by atoms with E-state index in [0.717, 1.165) is 6.54 Å². The first-order valence-corrected chi connectivity index (χ1v) is 9.93. The lowest BCUT2D eigenvalue weighted by molar-refractivity contribution is 0.277. The second kappa shape index (κ2) is 25.9. The fourth-order valence-electron chi connectivity index (χ4n) is 2.69. The second-order valence-electron chi connectivity index (χ2n) is 6.50. The summed E-state index contributed by atoms with van der Waals surface area (Å²) < 4.78 is 4.25. The molecule has 0 heterocycles. The Bertz CT molecular complexity index is 146. The van der Waals surface area contributed by atoms with Crippen LogP contribution in [0.5, 0.6) is 0 Å². The van der Waals surface area contributed by atoms with E-state index >= 15 is 0 Å². The third-order valence-electron chi connectivity index (χ3n) is 4.06. The number of methoxy groups -OCH3 is 1. The average Bonchev–Trinajstić information content (AvgIpc) is 2.52. The summed E-state index contributed by atoms with van der Waals surface area (Å²) in [6.45, 7) is 3.16. The lowest BCUT2D eigenvalue weighted by Gasteiger charge is -2.03. The normalized spacial score (nSPS) is 10.4. The molecule has 0 aromatic rings. The van der Waals surface area contributed by atoms with E-state index < -0.39 is 0 Å². The molecule has 0 rings (SSSR count). The maximum absolute atomic E-state index is 5.48. The van der Waals surface area contributed by atoms with Gasteiger partial charge in [0.25, 0.3) is 0 Å². The molecule has 2 nitrogen and oxygen atoms in total. The van der Waals surface area contributed by atoms with Crippen LogP contribution in [-0.4, -0.2) is 20.8 Å². The zero-order chi connectivity index (χ0) is 16.7. The highest BCUT2D eigenvalue weighted by atomic mass is 16.4. The predicted octanol–water partition coefficient (Wildman–Crippen LogP) is 6.47. The van der Waals surface area contributed by atoms with Crippen LogP contribution < -0.4 is 5.73 Å². The average molecular weight is 316 g/mol. The molecule has 0 fully saturated rings. The first-order valence-electron chi connectivity index (χ1n) is 9.93. The lowest BCUT2D eigenvalue weighted by Crippen LogP contribution is -1.97. The van der Waals surface area contributed by atoms with Gasteiger partial charge in [0.1, 0.15) is 0 Å². The van der Waals surface area contributed by atoms with Gasteiger partial charge in [-0.3, -0.25) is 0 Å². The topological polar surface area (TPSA) is 35.2 Å². The van der Waals surface area contributed by atoms with Crippen molar-refractivity contribution in [2.45, 2.75) is 110 Å². The molecule has 0 aliphatic carbocycles. The molecular formula is C20H45NO. The van der Waals surface area contributed by atoms with Gasteiger partial charge in [-0.25, -0.2) is 0 Å². The zero-order valence-electron chi connectivity index (χ0n) is 16.0. The van der Waals surface area contributed by atoms with Crippen LogP contribution in [0.25, 0.3) is 0 Å². The van der Waals surface area contributed by atoms with E-state index in [1.54, 1.807) is 14.2 Å². The molecule has 0 aliphatic heterocycles. The molecule has 0 unspecified atom stereocenters. The van der Waals surface area contributed by atoms with Crippen LogP contribution in [0.4, 0.5) is 0 Å². The van der Waals surface area contributed by atoms with Crippen molar-refractivity contribution >= 4 is 0 Å². The van der Waals surface area contributed by atoms with E-state index in [-0.39, 0.29) is 0 Å². The Morgan fingerprint density at radius 2 is 0.727 bits per heavy atom. The summed E-state index contributed by atoms with van der Waals surface area (Å²) >= 11 is 0. The first-order chi connectivity index (χ1) is 10.8. The van der Waals surface area contributed by atoms with E-state index in [4.69, 9.17) is 5.73 Å². The van der Waals surface area contributed by atoms with Crippen molar-refractivity contribution in [2.24, 2.45) is 5.73 Å². The molecule has 22 heavy (non-hydrogen) atoms. The zero-order valence-corrected chi connectivity index (χ0v) is 16.0. The van der Waals surface area contributed by atoms with Crippen molar-refractivity contribution in [3.8, 4) is 0 Å². The van der Waals surface area contributed by atoms with Crippen molar-refractivity contribution in [1.29, 1.82) is 0 Å². The molecular weight excluding hydrogens is 270 g/mol. The molecule has 136 valence electrons. The van der Waals surface area contributed by atoms with Gasteiger partial charge in [0.2, 0.25) is 0 Å². The summed E-state index contributed by atoms with van der Waals surface area (Å²) in [5, 5.41) is 0. The quantitative estimate of drug-likeness (QED) is 0.331.